The van der Waals surface area contributed by atoms with Gasteiger partial charge >= 0.3 is 17.9 Å². The molecule has 0 saturated carbocycles. The summed E-state index contributed by atoms with van der Waals surface area (Å²) in [6.45, 7) is 6.65. The summed E-state index contributed by atoms with van der Waals surface area (Å²) >= 11 is 0. The van der Waals surface area contributed by atoms with E-state index in [2.05, 4.69) is 20.8 Å². The molecule has 6 nitrogen and oxygen atoms in total. The number of unbranched alkanes of at least 4 members (excludes halogenated alkanes) is 33. The van der Waals surface area contributed by atoms with Crippen LogP contribution in [0, 0.1) is 0 Å². The fraction of sp³-hybridized carbons (Fsp3) is 0.938. The molecule has 0 saturated heterocycles. The fourth-order valence-corrected chi connectivity index (χ4v) is 7.21. The molecule has 0 fully saturated rings. The predicted molar refractivity (Wildman–Crippen MR) is 229 cm³/mol. The van der Waals surface area contributed by atoms with Gasteiger partial charge in [-0.2, -0.15) is 0 Å². The number of ether oxygens (including phenoxy) is 3. The van der Waals surface area contributed by atoms with Crippen LogP contribution in [-0.4, -0.2) is 37.2 Å². The molecule has 1 unspecified atom stereocenters. The topological polar surface area (TPSA) is 78.9 Å². The molecule has 0 aromatic carbocycles. The number of carbonyl (C=O) groups is 3. The zero-order valence-electron chi connectivity index (χ0n) is 36.5. The Hall–Kier alpha value is -1.59. The summed E-state index contributed by atoms with van der Waals surface area (Å²) in [7, 11) is 0. The lowest BCUT2D eigenvalue weighted by molar-refractivity contribution is -0.167. The normalized spacial score (nSPS) is 11.8. The molecule has 0 aliphatic heterocycles. The minimum atomic E-state index is -0.758. The van der Waals surface area contributed by atoms with Crippen molar-refractivity contribution in [2.75, 3.05) is 13.2 Å². The van der Waals surface area contributed by atoms with Crippen molar-refractivity contribution in [1.29, 1.82) is 0 Å². The van der Waals surface area contributed by atoms with Gasteiger partial charge in [0.15, 0.2) is 6.10 Å². The predicted octanol–water partition coefficient (Wildman–Crippen LogP) is 15.3. The van der Waals surface area contributed by atoms with Crippen LogP contribution in [-0.2, 0) is 28.6 Å². The van der Waals surface area contributed by atoms with E-state index in [1.807, 2.05) is 0 Å². The Labute approximate surface area is 336 Å². The van der Waals surface area contributed by atoms with E-state index in [9.17, 15) is 14.4 Å². The standard InChI is InChI=1S/C48H92O6/c1-4-7-10-13-16-19-22-23-24-27-29-32-35-38-41-47(50)53-44-45(54-48(51)42-39-36-33-30-26-21-18-15-12-9-6-3)43-52-46(49)40-37-34-31-28-25-20-17-14-11-8-5-2/h45H,4-44H2,1-3H3. The van der Waals surface area contributed by atoms with Gasteiger partial charge in [0.2, 0.25) is 0 Å². The summed E-state index contributed by atoms with van der Waals surface area (Å²) in [5.74, 6) is -0.848. The van der Waals surface area contributed by atoms with E-state index >= 15 is 0 Å². The van der Waals surface area contributed by atoms with Gasteiger partial charge in [0.25, 0.3) is 0 Å². The van der Waals surface area contributed by atoms with Crippen molar-refractivity contribution in [2.45, 2.75) is 277 Å². The average molecular weight is 765 g/mol. The monoisotopic (exact) mass is 765 g/mol. The Morgan fingerprint density at radius 1 is 0.296 bits per heavy atom. The minimum Gasteiger partial charge on any atom is -0.462 e. The number of hydrogen-bond acceptors (Lipinski definition) is 6. The summed E-state index contributed by atoms with van der Waals surface area (Å²) in [5.41, 5.74) is 0. The van der Waals surface area contributed by atoms with Gasteiger partial charge in [-0.3, -0.25) is 14.4 Å². The first kappa shape index (κ1) is 52.4. The molecule has 0 aliphatic rings. The van der Waals surface area contributed by atoms with E-state index in [1.54, 1.807) is 0 Å². The van der Waals surface area contributed by atoms with Gasteiger partial charge in [-0.1, -0.05) is 233 Å². The Kier molecular flexibility index (Phi) is 42.8. The van der Waals surface area contributed by atoms with Crippen molar-refractivity contribution >= 4 is 17.9 Å². The van der Waals surface area contributed by atoms with Gasteiger partial charge in [0.05, 0.1) is 0 Å². The molecular weight excluding hydrogens is 673 g/mol. The molecule has 0 bridgehead atoms. The van der Waals surface area contributed by atoms with E-state index in [-0.39, 0.29) is 31.1 Å². The maximum atomic E-state index is 12.7. The van der Waals surface area contributed by atoms with Crippen molar-refractivity contribution in [3.63, 3.8) is 0 Å². The molecule has 0 radical (unpaired) electrons. The number of esters is 3. The van der Waals surface area contributed by atoms with Crippen LogP contribution in [0.5, 0.6) is 0 Å². The zero-order chi connectivity index (χ0) is 39.4. The van der Waals surface area contributed by atoms with Crippen molar-refractivity contribution in [2.24, 2.45) is 0 Å². The summed E-state index contributed by atoms with van der Waals surface area (Å²) in [4.78, 5) is 37.7. The van der Waals surface area contributed by atoms with Crippen LogP contribution < -0.4 is 0 Å². The first-order chi connectivity index (χ1) is 26.5. The van der Waals surface area contributed by atoms with E-state index in [0.29, 0.717) is 19.3 Å². The SMILES string of the molecule is CCCCCCCCCCCCCCCCC(=O)OCC(COC(=O)CCCCCCCCCCCCC)OC(=O)CCCCCCCCCCCCC. The van der Waals surface area contributed by atoms with Gasteiger partial charge in [-0.15, -0.1) is 0 Å². The number of rotatable bonds is 44. The smallest absolute Gasteiger partial charge is 0.306 e. The lowest BCUT2D eigenvalue weighted by Gasteiger charge is -2.18. The van der Waals surface area contributed by atoms with Gasteiger partial charge in [0.1, 0.15) is 13.2 Å². The quantitative estimate of drug-likeness (QED) is 0.0349. The largest absolute Gasteiger partial charge is 0.462 e. The Balaban J connectivity index is 4.30. The lowest BCUT2D eigenvalue weighted by atomic mass is 10.0. The van der Waals surface area contributed by atoms with Crippen LogP contribution in [0.25, 0.3) is 0 Å². The summed E-state index contributed by atoms with van der Waals surface area (Å²) in [6.07, 6.45) is 45.1. The average Bonchev–Trinajstić information content (AvgIpc) is 3.17. The first-order valence-corrected chi connectivity index (χ1v) is 24.0. The van der Waals surface area contributed by atoms with Crippen LogP contribution in [0.3, 0.4) is 0 Å². The molecule has 0 N–H and O–H groups in total. The second kappa shape index (κ2) is 44.1. The van der Waals surface area contributed by atoms with E-state index < -0.39 is 6.10 Å². The molecule has 0 spiro atoms. The number of hydrogen-bond donors (Lipinski definition) is 0. The highest BCUT2D eigenvalue weighted by molar-refractivity contribution is 5.71. The van der Waals surface area contributed by atoms with E-state index in [0.717, 1.165) is 57.8 Å². The molecular formula is C48H92O6. The second-order valence-electron chi connectivity index (χ2n) is 16.4. The van der Waals surface area contributed by atoms with Crippen molar-refractivity contribution in [3.05, 3.63) is 0 Å². The number of carbonyl (C=O) groups excluding carboxylic acids is 3. The summed E-state index contributed by atoms with van der Waals surface area (Å²) < 4.78 is 16.7. The van der Waals surface area contributed by atoms with Crippen molar-refractivity contribution < 1.29 is 28.6 Å². The van der Waals surface area contributed by atoms with Gasteiger partial charge < -0.3 is 14.2 Å². The van der Waals surface area contributed by atoms with Crippen molar-refractivity contribution in [3.8, 4) is 0 Å². The molecule has 0 aromatic heterocycles. The maximum Gasteiger partial charge on any atom is 0.306 e. The molecule has 6 heteroatoms. The van der Waals surface area contributed by atoms with Crippen molar-refractivity contribution in [1.82, 2.24) is 0 Å². The van der Waals surface area contributed by atoms with Gasteiger partial charge in [0, 0.05) is 19.3 Å². The Bertz CT molecular complexity index is 798. The summed E-state index contributed by atoms with van der Waals surface area (Å²) in [5, 5.41) is 0. The highest BCUT2D eigenvalue weighted by Crippen LogP contribution is 2.16. The van der Waals surface area contributed by atoms with Crippen LogP contribution in [0.2, 0.25) is 0 Å². The van der Waals surface area contributed by atoms with Gasteiger partial charge in [-0.25, -0.2) is 0 Å². The van der Waals surface area contributed by atoms with Crippen LogP contribution in [0.15, 0.2) is 0 Å². The third-order valence-electron chi connectivity index (χ3n) is 10.9. The van der Waals surface area contributed by atoms with Crippen LogP contribution in [0.1, 0.15) is 271 Å². The van der Waals surface area contributed by atoms with Crippen LogP contribution in [0.4, 0.5) is 0 Å². The lowest BCUT2D eigenvalue weighted by Crippen LogP contribution is -2.30. The summed E-state index contributed by atoms with van der Waals surface area (Å²) in [6, 6.07) is 0. The first-order valence-electron chi connectivity index (χ1n) is 24.0. The zero-order valence-corrected chi connectivity index (χ0v) is 36.5. The molecule has 54 heavy (non-hydrogen) atoms. The molecule has 0 aromatic rings. The maximum absolute atomic E-state index is 12.7. The Morgan fingerprint density at radius 2 is 0.500 bits per heavy atom. The van der Waals surface area contributed by atoms with Gasteiger partial charge in [-0.05, 0) is 19.3 Å². The third kappa shape index (κ3) is 41.6. The highest BCUT2D eigenvalue weighted by Gasteiger charge is 2.19. The second-order valence-corrected chi connectivity index (χ2v) is 16.4. The molecule has 320 valence electrons. The Morgan fingerprint density at radius 3 is 0.741 bits per heavy atom. The molecule has 0 heterocycles. The van der Waals surface area contributed by atoms with Crippen LogP contribution >= 0.6 is 0 Å². The van der Waals surface area contributed by atoms with E-state index in [1.165, 1.54) is 173 Å². The highest BCUT2D eigenvalue weighted by atomic mass is 16.6. The molecule has 0 amide bonds. The molecule has 0 rings (SSSR count). The molecule has 1 atom stereocenters. The fourth-order valence-electron chi connectivity index (χ4n) is 7.21. The minimum absolute atomic E-state index is 0.0623. The van der Waals surface area contributed by atoms with E-state index in [4.69, 9.17) is 14.2 Å². The molecule has 0 aliphatic carbocycles. The third-order valence-corrected chi connectivity index (χ3v) is 10.9.